The fourth-order valence-corrected chi connectivity index (χ4v) is 2.62. The molecule has 1 aromatic carbocycles. The number of nitrogens with one attached hydrogen (secondary N) is 1. The Morgan fingerprint density at radius 1 is 1.45 bits per heavy atom. The summed E-state index contributed by atoms with van der Waals surface area (Å²) in [5.74, 6) is 0.549. The van der Waals surface area contributed by atoms with E-state index >= 15 is 0 Å². The van der Waals surface area contributed by atoms with Gasteiger partial charge in [0.1, 0.15) is 11.8 Å². The molecule has 2 rings (SSSR count). The van der Waals surface area contributed by atoms with E-state index in [1.54, 1.807) is 24.3 Å². The number of benzene rings is 1. The van der Waals surface area contributed by atoms with Gasteiger partial charge in [0.05, 0.1) is 5.41 Å². The second-order valence-corrected chi connectivity index (χ2v) is 5.12. The van der Waals surface area contributed by atoms with Crippen molar-refractivity contribution in [2.75, 3.05) is 18.5 Å². The van der Waals surface area contributed by atoms with Gasteiger partial charge in [-0.25, -0.2) is 0 Å². The quantitative estimate of drug-likeness (QED) is 0.859. The number of ether oxygens (including phenoxy) is 1. The minimum absolute atomic E-state index is 0.00978. The summed E-state index contributed by atoms with van der Waals surface area (Å²) in [6.07, 6.45) is 3.80. The highest BCUT2D eigenvalue weighted by Gasteiger charge is 2.39. The maximum absolute atomic E-state index is 12.4. The zero-order chi connectivity index (χ0) is 14.4. The van der Waals surface area contributed by atoms with Crippen molar-refractivity contribution in [1.82, 2.24) is 0 Å². The molecule has 1 aliphatic carbocycles. The van der Waals surface area contributed by atoms with Crippen LogP contribution < -0.4 is 15.8 Å². The van der Waals surface area contributed by atoms with Crippen molar-refractivity contribution in [2.45, 2.75) is 25.7 Å². The van der Waals surface area contributed by atoms with Crippen LogP contribution in [0.15, 0.2) is 24.3 Å². The SMILES string of the molecule is N#CCOc1cccc(NC(=O)C2(CN)CCCC2)c1. The van der Waals surface area contributed by atoms with Gasteiger partial charge in [-0.05, 0) is 25.0 Å². The topological polar surface area (TPSA) is 88.1 Å². The molecular weight excluding hydrogens is 254 g/mol. The van der Waals surface area contributed by atoms with E-state index in [0.717, 1.165) is 25.7 Å². The molecule has 1 fully saturated rings. The highest BCUT2D eigenvalue weighted by atomic mass is 16.5. The first-order chi connectivity index (χ1) is 9.70. The summed E-state index contributed by atoms with van der Waals surface area (Å²) in [5.41, 5.74) is 6.04. The van der Waals surface area contributed by atoms with E-state index in [9.17, 15) is 4.79 Å². The molecule has 5 heteroatoms. The highest BCUT2D eigenvalue weighted by Crippen LogP contribution is 2.38. The van der Waals surface area contributed by atoms with Crippen LogP contribution in [0.5, 0.6) is 5.75 Å². The number of nitriles is 1. The number of nitrogens with zero attached hydrogens (tertiary/aromatic N) is 1. The van der Waals surface area contributed by atoms with E-state index < -0.39 is 5.41 Å². The zero-order valence-corrected chi connectivity index (χ0v) is 11.4. The third-order valence-corrected chi connectivity index (χ3v) is 3.83. The Kier molecular flexibility index (Phi) is 4.59. The number of rotatable bonds is 5. The van der Waals surface area contributed by atoms with E-state index in [4.69, 9.17) is 15.7 Å². The molecular formula is C15H19N3O2. The molecule has 5 nitrogen and oxygen atoms in total. The summed E-state index contributed by atoms with van der Waals surface area (Å²) >= 11 is 0. The first-order valence-corrected chi connectivity index (χ1v) is 6.81. The highest BCUT2D eigenvalue weighted by molar-refractivity contribution is 5.95. The second kappa shape index (κ2) is 6.40. The van der Waals surface area contributed by atoms with Gasteiger partial charge in [-0.2, -0.15) is 5.26 Å². The molecule has 0 unspecified atom stereocenters. The molecule has 3 N–H and O–H groups in total. The number of hydrogen-bond donors (Lipinski definition) is 2. The maximum atomic E-state index is 12.4. The molecule has 106 valence electrons. The van der Waals surface area contributed by atoms with Gasteiger partial charge in [0.2, 0.25) is 5.91 Å². The fourth-order valence-electron chi connectivity index (χ4n) is 2.62. The lowest BCUT2D eigenvalue weighted by Crippen LogP contribution is -2.40. The van der Waals surface area contributed by atoms with Crippen molar-refractivity contribution in [1.29, 1.82) is 5.26 Å². The lowest BCUT2D eigenvalue weighted by molar-refractivity contribution is -0.124. The van der Waals surface area contributed by atoms with Crippen molar-refractivity contribution in [3.05, 3.63) is 24.3 Å². The lowest BCUT2D eigenvalue weighted by atomic mass is 9.85. The van der Waals surface area contributed by atoms with Crippen LogP contribution in [0.3, 0.4) is 0 Å². The monoisotopic (exact) mass is 273 g/mol. The molecule has 0 spiro atoms. The van der Waals surface area contributed by atoms with Gasteiger partial charge in [-0.15, -0.1) is 0 Å². The van der Waals surface area contributed by atoms with Crippen LogP contribution in [0, 0.1) is 16.7 Å². The Morgan fingerprint density at radius 3 is 2.85 bits per heavy atom. The summed E-state index contributed by atoms with van der Waals surface area (Å²) in [7, 11) is 0. The first kappa shape index (κ1) is 14.4. The summed E-state index contributed by atoms with van der Waals surface area (Å²) in [6, 6.07) is 8.96. The molecule has 1 aromatic rings. The van der Waals surface area contributed by atoms with E-state index in [0.29, 0.717) is 18.0 Å². The standard InChI is InChI=1S/C15H19N3O2/c16-8-9-20-13-5-3-4-12(10-13)18-14(19)15(11-17)6-1-2-7-15/h3-5,10H,1-2,6-7,9,11,17H2,(H,18,19). The van der Waals surface area contributed by atoms with Crippen molar-refractivity contribution in [2.24, 2.45) is 11.1 Å². The number of carbonyl (C=O) groups excluding carboxylic acids is 1. The van der Waals surface area contributed by atoms with Crippen molar-refractivity contribution in [3.8, 4) is 11.8 Å². The van der Waals surface area contributed by atoms with Crippen LogP contribution >= 0.6 is 0 Å². The van der Waals surface area contributed by atoms with Crippen molar-refractivity contribution in [3.63, 3.8) is 0 Å². The third kappa shape index (κ3) is 3.09. The molecule has 0 heterocycles. The molecule has 20 heavy (non-hydrogen) atoms. The normalized spacial score (nSPS) is 16.4. The molecule has 1 aliphatic rings. The fraction of sp³-hybridized carbons (Fsp3) is 0.467. The summed E-state index contributed by atoms with van der Waals surface area (Å²) in [6.45, 7) is 0.369. The van der Waals surface area contributed by atoms with Gasteiger partial charge < -0.3 is 15.8 Å². The summed E-state index contributed by atoms with van der Waals surface area (Å²) in [4.78, 5) is 12.4. The van der Waals surface area contributed by atoms with Crippen LogP contribution in [0.25, 0.3) is 0 Å². The second-order valence-electron chi connectivity index (χ2n) is 5.12. The third-order valence-electron chi connectivity index (χ3n) is 3.83. The van der Waals surface area contributed by atoms with Crippen molar-refractivity contribution < 1.29 is 9.53 Å². The molecule has 0 bridgehead atoms. The number of carbonyl (C=O) groups is 1. The van der Waals surface area contributed by atoms with Crippen molar-refractivity contribution >= 4 is 11.6 Å². The van der Waals surface area contributed by atoms with Crippen LogP contribution in [0.4, 0.5) is 5.69 Å². The van der Waals surface area contributed by atoms with E-state index in [-0.39, 0.29) is 12.5 Å². The Labute approximate surface area is 118 Å². The summed E-state index contributed by atoms with van der Waals surface area (Å²) < 4.78 is 5.22. The van der Waals surface area contributed by atoms with Crippen LogP contribution in [-0.2, 0) is 4.79 Å². The van der Waals surface area contributed by atoms with Gasteiger partial charge in [0, 0.05) is 18.3 Å². The molecule has 0 saturated heterocycles. The predicted octanol–water partition coefficient (Wildman–Crippen LogP) is 2.05. The Balaban J connectivity index is 2.06. The van der Waals surface area contributed by atoms with Gasteiger partial charge in [-0.3, -0.25) is 4.79 Å². The van der Waals surface area contributed by atoms with Crippen LogP contribution in [-0.4, -0.2) is 19.1 Å². The Morgan fingerprint density at radius 2 is 2.20 bits per heavy atom. The molecule has 0 aromatic heterocycles. The largest absolute Gasteiger partial charge is 0.479 e. The zero-order valence-electron chi connectivity index (χ0n) is 11.4. The number of nitrogens with two attached hydrogens (primary N) is 1. The number of amides is 1. The van der Waals surface area contributed by atoms with Gasteiger partial charge >= 0.3 is 0 Å². The average Bonchev–Trinajstić information content (AvgIpc) is 2.95. The molecule has 0 radical (unpaired) electrons. The molecule has 1 saturated carbocycles. The lowest BCUT2D eigenvalue weighted by Gasteiger charge is -2.25. The molecule has 0 aliphatic heterocycles. The van der Waals surface area contributed by atoms with Crippen LogP contribution in [0.1, 0.15) is 25.7 Å². The molecule has 0 atom stereocenters. The Bertz CT molecular complexity index is 516. The van der Waals surface area contributed by atoms with E-state index in [1.807, 2.05) is 6.07 Å². The summed E-state index contributed by atoms with van der Waals surface area (Å²) in [5, 5.41) is 11.4. The number of anilines is 1. The first-order valence-electron chi connectivity index (χ1n) is 6.81. The Hall–Kier alpha value is -2.06. The van der Waals surface area contributed by atoms with Gasteiger partial charge in [0.15, 0.2) is 6.61 Å². The number of hydrogen-bond acceptors (Lipinski definition) is 4. The van der Waals surface area contributed by atoms with E-state index in [1.165, 1.54) is 0 Å². The minimum Gasteiger partial charge on any atom is -0.479 e. The molecule has 1 amide bonds. The van der Waals surface area contributed by atoms with Gasteiger partial charge in [-0.1, -0.05) is 18.9 Å². The predicted molar refractivity (Wildman–Crippen MR) is 76.1 cm³/mol. The average molecular weight is 273 g/mol. The smallest absolute Gasteiger partial charge is 0.231 e. The van der Waals surface area contributed by atoms with Crippen LogP contribution in [0.2, 0.25) is 0 Å². The van der Waals surface area contributed by atoms with E-state index in [2.05, 4.69) is 5.32 Å². The minimum atomic E-state index is -0.427. The van der Waals surface area contributed by atoms with Gasteiger partial charge in [0.25, 0.3) is 0 Å². The maximum Gasteiger partial charge on any atom is 0.231 e.